The second-order valence-electron chi connectivity index (χ2n) is 6.15. The first-order valence-electron chi connectivity index (χ1n) is 8.67. The molecule has 2 aromatic carbocycles. The van der Waals surface area contributed by atoms with Crippen LogP contribution in [-0.4, -0.2) is 50.8 Å². The summed E-state index contributed by atoms with van der Waals surface area (Å²) < 4.78 is 23.7. The number of ether oxygens (including phenoxy) is 2. The maximum absolute atomic E-state index is 13.0. The minimum Gasteiger partial charge on any atom is -0.497 e. The fourth-order valence-electron chi connectivity index (χ4n) is 3.07. The largest absolute Gasteiger partial charge is 0.497 e. The molecule has 0 radical (unpaired) electrons. The molecule has 1 fully saturated rings. The summed E-state index contributed by atoms with van der Waals surface area (Å²) in [7, 11) is 1.64. The number of carbonyl (C=O) groups excluding carboxylic acids is 1. The maximum Gasteiger partial charge on any atom is 0.251 e. The van der Waals surface area contributed by atoms with Crippen molar-refractivity contribution in [3.8, 4) is 5.75 Å². The SMILES string of the molecule is COc1ccc([C@@H](CNC(=O)c2ccc(F)cc2)N2CCOCC2)cc1. The molecule has 138 valence electrons. The van der Waals surface area contributed by atoms with Gasteiger partial charge in [-0.25, -0.2) is 4.39 Å². The van der Waals surface area contributed by atoms with Gasteiger partial charge in [-0.15, -0.1) is 0 Å². The highest BCUT2D eigenvalue weighted by Gasteiger charge is 2.23. The molecule has 6 heteroatoms. The van der Waals surface area contributed by atoms with Gasteiger partial charge in [-0.3, -0.25) is 9.69 Å². The lowest BCUT2D eigenvalue weighted by Gasteiger charge is -2.35. The molecule has 1 atom stereocenters. The van der Waals surface area contributed by atoms with Gasteiger partial charge in [-0.1, -0.05) is 12.1 Å². The maximum atomic E-state index is 13.0. The smallest absolute Gasteiger partial charge is 0.251 e. The number of nitrogens with zero attached hydrogens (tertiary/aromatic N) is 1. The van der Waals surface area contributed by atoms with Gasteiger partial charge in [0.1, 0.15) is 11.6 Å². The number of amides is 1. The van der Waals surface area contributed by atoms with Crippen molar-refractivity contribution in [3.63, 3.8) is 0 Å². The summed E-state index contributed by atoms with van der Waals surface area (Å²) in [4.78, 5) is 14.7. The molecule has 0 aliphatic carbocycles. The first-order valence-corrected chi connectivity index (χ1v) is 8.67. The lowest BCUT2D eigenvalue weighted by molar-refractivity contribution is 0.0162. The van der Waals surface area contributed by atoms with Crippen LogP contribution < -0.4 is 10.1 Å². The Morgan fingerprint density at radius 2 is 1.81 bits per heavy atom. The van der Waals surface area contributed by atoms with Crippen molar-refractivity contribution in [2.24, 2.45) is 0 Å². The summed E-state index contributed by atoms with van der Waals surface area (Å²) in [6, 6.07) is 13.5. The fourth-order valence-corrected chi connectivity index (χ4v) is 3.07. The minimum atomic E-state index is -0.356. The van der Waals surface area contributed by atoms with E-state index in [-0.39, 0.29) is 17.8 Å². The summed E-state index contributed by atoms with van der Waals surface area (Å²) in [5, 5.41) is 2.97. The van der Waals surface area contributed by atoms with Crippen LogP contribution in [0.2, 0.25) is 0 Å². The first-order chi connectivity index (χ1) is 12.7. The quantitative estimate of drug-likeness (QED) is 0.863. The van der Waals surface area contributed by atoms with E-state index in [2.05, 4.69) is 10.2 Å². The molecule has 0 saturated carbocycles. The zero-order valence-electron chi connectivity index (χ0n) is 14.8. The molecule has 1 heterocycles. The number of carbonyl (C=O) groups is 1. The number of nitrogens with one attached hydrogen (secondary N) is 1. The van der Waals surface area contributed by atoms with Crippen molar-refractivity contribution >= 4 is 5.91 Å². The Kier molecular flexibility index (Phi) is 6.20. The van der Waals surface area contributed by atoms with E-state index in [0.717, 1.165) is 24.4 Å². The van der Waals surface area contributed by atoms with Crippen molar-refractivity contribution in [1.82, 2.24) is 10.2 Å². The van der Waals surface area contributed by atoms with Crippen molar-refractivity contribution < 1.29 is 18.7 Å². The van der Waals surface area contributed by atoms with E-state index >= 15 is 0 Å². The highest BCUT2D eigenvalue weighted by atomic mass is 19.1. The average Bonchev–Trinajstić information content (AvgIpc) is 2.70. The Bertz CT molecular complexity index is 713. The topological polar surface area (TPSA) is 50.8 Å². The van der Waals surface area contributed by atoms with Crippen molar-refractivity contribution in [2.75, 3.05) is 40.0 Å². The number of methoxy groups -OCH3 is 1. The predicted molar refractivity (Wildman–Crippen MR) is 96.9 cm³/mol. The standard InChI is InChI=1S/C20H23FN2O3/c1-25-18-8-4-15(5-9-18)19(23-10-12-26-13-11-23)14-22-20(24)16-2-6-17(21)7-3-16/h2-9,19H,10-14H2,1H3,(H,22,24)/t19-/m1/s1. The van der Waals surface area contributed by atoms with E-state index in [9.17, 15) is 9.18 Å². The normalized spacial score (nSPS) is 16.1. The molecule has 0 aromatic heterocycles. The Labute approximate surface area is 152 Å². The monoisotopic (exact) mass is 358 g/mol. The van der Waals surface area contributed by atoms with Gasteiger partial charge in [0.15, 0.2) is 0 Å². The van der Waals surface area contributed by atoms with Crippen molar-refractivity contribution in [1.29, 1.82) is 0 Å². The van der Waals surface area contributed by atoms with Gasteiger partial charge in [0, 0.05) is 25.2 Å². The van der Waals surface area contributed by atoms with Gasteiger partial charge in [-0.2, -0.15) is 0 Å². The Morgan fingerprint density at radius 1 is 1.15 bits per heavy atom. The third kappa shape index (κ3) is 4.59. The molecule has 0 unspecified atom stereocenters. The molecule has 0 spiro atoms. The molecule has 1 saturated heterocycles. The van der Waals surface area contributed by atoms with Gasteiger partial charge in [0.05, 0.1) is 26.4 Å². The second kappa shape index (κ2) is 8.78. The Morgan fingerprint density at radius 3 is 2.42 bits per heavy atom. The molecule has 2 aromatic rings. The van der Waals surface area contributed by atoms with E-state index in [4.69, 9.17) is 9.47 Å². The van der Waals surface area contributed by atoms with Crippen LogP contribution >= 0.6 is 0 Å². The average molecular weight is 358 g/mol. The zero-order chi connectivity index (χ0) is 18.4. The number of benzene rings is 2. The van der Waals surface area contributed by atoms with Crippen LogP contribution in [0, 0.1) is 5.82 Å². The van der Waals surface area contributed by atoms with Gasteiger partial charge >= 0.3 is 0 Å². The number of hydrogen-bond donors (Lipinski definition) is 1. The van der Waals surface area contributed by atoms with E-state index in [0.29, 0.717) is 25.3 Å². The fraction of sp³-hybridized carbons (Fsp3) is 0.350. The molecular weight excluding hydrogens is 335 g/mol. The van der Waals surface area contributed by atoms with Gasteiger partial charge in [-0.05, 0) is 42.0 Å². The summed E-state index contributed by atoms with van der Waals surface area (Å²) in [5.74, 6) is 0.229. The number of morpholine rings is 1. The molecule has 1 amide bonds. The van der Waals surface area contributed by atoms with Crippen LogP contribution in [0.4, 0.5) is 4.39 Å². The van der Waals surface area contributed by atoms with E-state index < -0.39 is 0 Å². The predicted octanol–water partition coefficient (Wildman–Crippen LogP) is 2.64. The van der Waals surface area contributed by atoms with Gasteiger partial charge < -0.3 is 14.8 Å². The van der Waals surface area contributed by atoms with Crippen LogP contribution in [-0.2, 0) is 4.74 Å². The number of hydrogen-bond acceptors (Lipinski definition) is 4. The molecule has 1 N–H and O–H groups in total. The van der Waals surface area contributed by atoms with Crippen LogP contribution in [0.25, 0.3) is 0 Å². The van der Waals surface area contributed by atoms with Crippen LogP contribution in [0.15, 0.2) is 48.5 Å². The van der Waals surface area contributed by atoms with Crippen molar-refractivity contribution in [3.05, 3.63) is 65.5 Å². The zero-order valence-corrected chi connectivity index (χ0v) is 14.8. The molecule has 1 aliphatic heterocycles. The number of halogens is 1. The third-order valence-corrected chi connectivity index (χ3v) is 4.55. The highest BCUT2D eigenvalue weighted by molar-refractivity contribution is 5.94. The molecule has 0 bridgehead atoms. The van der Waals surface area contributed by atoms with E-state index in [1.165, 1.54) is 24.3 Å². The van der Waals surface area contributed by atoms with Gasteiger partial charge in [0.2, 0.25) is 0 Å². The molecule has 1 aliphatic rings. The summed E-state index contributed by atoms with van der Waals surface area (Å²) in [5.41, 5.74) is 1.55. The number of rotatable bonds is 6. The lowest BCUT2D eigenvalue weighted by Crippen LogP contribution is -2.43. The summed E-state index contributed by atoms with van der Waals surface area (Å²) in [6.45, 7) is 3.44. The molecule has 5 nitrogen and oxygen atoms in total. The van der Waals surface area contributed by atoms with E-state index in [1.54, 1.807) is 7.11 Å². The molecule has 26 heavy (non-hydrogen) atoms. The first kappa shape index (κ1) is 18.4. The Balaban J connectivity index is 1.72. The highest BCUT2D eigenvalue weighted by Crippen LogP contribution is 2.23. The van der Waals surface area contributed by atoms with E-state index in [1.807, 2.05) is 24.3 Å². The van der Waals surface area contributed by atoms with Crippen LogP contribution in [0.1, 0.15) is 22.0 Å². The van der Waals surface area contributed by atoms with Crippen LogP contribution in [0.3, 0.4) is 0 Å². The summed E-state index contributed by atoms with van der Waals surface area (Å²) >= 11 is 0. The second-order valence-corrected chi connectivity index (χ2v) is 6.15. The van der Waals surface area contributed by atoms with Gasteiger partial charge in [0.25, 0.3) is 5.91 Å². The summed E-state index contributed by atoms with van der Waals surface area (Å²) in [6.07, 6.45) is 0. The molecular formula is C20H23FN2O3. The Hall–Kier alpha value is -2.44. The lowest BCUT2D eigenvalue weighted by atomic mass is 10.0. The third-order valence-electron chi connectivity index (χ3n) is 4.55. The molecule has 3 rings (SSSR count). The van der Waals surface area contributed by atoms with Crippen LogP contribution in [0.5, 0.6) is 5.75 Å². The van der Waals surface area contributed by atoms with Crippen molar-refractivity contribution in [2.45, 2.75) is 6.04 Å². The minimum absolute atomic E-state index is 0.0363.